The third-order valence-electron chi connectivity index (χ3n) is 3.55. The Hall–Kier alpha value is -2.51. The number of oxazole rings is 1. The predicted octanol–water partition coefficient (Wildman–Crippen LogP) is 3.27. The van der Waals surface area contributed by atoms with Crippen LogP contribution in [0.15, 0.2) is 64.2 Å². The van der Waals surface area contributed by atoms with Crippen LogP contribution in [0.25, 0.3) is 11.3 Å². The lowest BCUT2D eigenvalue weighted by atomic mass is 10.1. The van der Waals surface area contributed by atoms with E-state index in [0.29, 0.717) is 11.5 Å². The van der Waals surface area contributed by atoms with Gasteiger partial charge in [0.25, 0.3) is 0 Å². The van der Waals surface area contributed by atoms with E-state index in [2.05, 4.69) is 9.71 Å². The number of sulfonamides is 1. The van der Waals surface area contributed by atoms with Crippen molar-refractivity contribution in [3.05, 3.63) is 72.0 Å². The molecule has 3 aromatic rings. The van der Waals surface area contributed by atoms with Crippen LogP contribution < -0.4 is 4.72 Å². The average molecular weight is 346 g/mol. The van der Waals surface area contributed by atoms with E-state index in [1.54, 1.807) is 0 Å². The smallest absolute Gasteiger partial charge is 0.240 e. The molecular weight excluding hydrogens is 331 g/mol. The zero-order valence-corrected chi connectivity index (χ0v) is 13.7. The Bertz CT molecular complexity index is 953. The molecule has 0 amide bonds. The molecule has 24 heavy (non-hydrogen) atoms. The lowest BCUT2D eigenvalue weighted by molar-refractivity contribution is 0.569. The largest absolute Gasteiger partial charge is 0.443 e. The molecule has 0 unspecified atom stereocenters. The molecule has 1 heterocycles. The van der Waals surface area contributed by atoms with Crippen molar-refractivity contribution in [3.8, 4) is 11.3 Å². The molecule has 0 aliphatic carbocycles. The first kappa shape index (κ1) is 16.4. The highest BCUT2D eigenvalue weighted by Gasteiger charge is 2.18. The Morgan fingerprint density at radius 3 is 2.62 bits per heavy atom. The van der Waals surface area contributed by atoms with Crippen molar-refractivity contribution in [2.24, 2.45) is 0 Å². The van der Waals surface area contributed by atoms with Gasteiger partial charge in [0.05, 0.1) is 11.4 Å². The summed E-state index contributed by atoms with van der Waals surface area (Å²) in [6, 6.07) is 12.9. The maximum atomic E-state index is 13.3. The summed E-state index contributed by atoms with van der Waals surface area (Å²) in [4.78, 5) is 4.07. The topological polar surface area (TPSA) is 72.2 Å². The molecule has 0 fully saturated rings. The van der Waals surface area contributed by atoms with Gasteiger partial charge in [-0.15, -0.1) is 0 Å². The zero-order valence-electron chi connectivity index (χ0n) is 12.9. The Morgan fingerprint density at radius 1 is 1.17 bits per heavy atom. The van der Waals surface area contributed by atoms with Crippen LogP contribution in [0.5, 0.6) is 0 Å². The van der Waals surface area contributed by atoms with E-state index >= 15 is 0 Å². The van der Waals surface area contributed by atoms with E-state index in [1.165, 1.54) is 25.5 Å². The minimum Gasteiger partial charge on any atom is -0.443 e. The second-order valence-corrected chi connectivity index (χ2v) is 7.00. The van der Waals surface area contributed by atoms with Crippen molar-refractivity contribution in [3.63, 3.8) is 0 Å². The van der Waals surface area contributed by atoms with Crippen molar-refractivity contribution < 1.29 is 17.2 Å². The fourth-order valence-electron chi connectivity index (χ4n) is 2.25. The Balaban J connectivity index is 1.81. The third-order valence-corrected chi connectivity index (χ3v) is 4.95. The molecule has 0 aliphatic heterocycles. The van der Waals surface area contributed by atoms with Crippen molar-refractivity contribution >= 4 is 10.0 Å². The molecule has 0 saturated heterocycles. The van der Waals surface area contributed by atoms with Gasteiger partial charge in [-0.1, -0.05) is 30.3 Å². The molecule has 0 bridgehead atoms. The minimum atomic E-state index is -3.77. The second-order valence-electron chi connectivity index (χ2n) is 5.23. The highest BCUT2D eigenvalue weighted by molar-refractivity contribution is 7.89. The lowest BCUT2D eigenvalue weighted by Crippen LogP contribution is -2.23. The minimum absolute atomic E-state index is 0.00570. The van der Waals surface area contributed by atoms with Gasteiger partial charge in [-0.3, -0.25) is 0 Å². The first-order valence-corrected chi connectivity index (χ1v) is 8.69. The SMILES string of the molecule is Cc1cc(S(=O)(=O)NCc2ncoc2-c2ccccc2)ccc1F. The molecule has 5 nitrogen and oxygen atoms in total. The summed E-state index contributed by atoms with van der Waals surface area (Å²) in [5.41, 5.74) is 1.55. The highest BCUT2D eigenvalue weighted by atomic mass is 32.2. The number of hydrogen-bond acceptors (Lipinski definition) is 4. The van der Waals surface area contributed by atoms with Gasteiger partial charge in [0.15, 0.2) is 12.2 Å². The van der Waals surface area contributed by atoms with Gasteiger partial charge in [0.1, 0.15) is 11.5 Å². The zero-order chi connectivity index (χ0) is 17.2. The molecule has 7 heteroatoms. The van der Waals surface area contributed by atoms with Crippen LogP contribution in [0.4, 0.5) is 4.39 Å². The molecule has 0 radical (unpaired) electrons. The Morgan fingerprint density at radius 2 is 1.92 bits per heavy atom. The number of halogens is 1. The van der Waals surface area contributed by atoms with Gasteiger partial charge >= 0.3 is 0 Å². The fourth-order valence-corrected chi connectivity index (χ4v) is 3.32. The van der Waals surface area contributed by atoms with Crippen molar-refractivity contribution in [2.75, 3.05) is 0 Å². The number of benzene rings is 2. The van der Waals surface area contributed by atoms with Crippen molar-refractivity contribution in [1.82, 2.24) is 9.71 Å². The van der Waals surface area contributed by atoms with Gasteiger partial charge in [-0.2, -0.15) is 0 Å². The molecule has 0 atom stereocenters. The lowest BCUT2D eigenvalue weighted by Gasteiger charge is -2.07. The first-order chi connectivity index (χ1) is 11.5. The molecule has 0 spiro atoms. The quantitative estimate of drug-likeness (QED) is 0.770. The fraction of sp³-hybridized carbons (Fsp3) is 0.118. The van der Waals surface area contributed by atoms with Crippen LogP contribution in [0, 0.1) is 12.7 Å². The number of aromatic nitrogens is 1. The highest BCUT2D eigenvalue weighted by Crippen LogP contribution is 2.23. The van der Waals surface area contributed by atoms with Crippen LogP contribution in [0.2, 0.25) is 0 Å². The predicted molar refractivity (Wildman–Crippen MR) is 87.1 cm³/mol. The second kappa shape index (κ2) is 6.54. The Labute approximate surface area is 139 Å². The summed E-state index contributed by atoms with van der Waals surface area (Å²) in [6.07, 6.45) is 1.27. The van der Waals surface area contributed by atoms with E-state index in [4.69, 9.17) is 4.42 Å². The molecule has 0 aliphatic rings. The maximum Gasteiger partial charge on any atom is 0.240 e. The standard InChI is InChI=1S/C17H15FN2O3S/c1-12-9-14(7-8-15(12)18)24(21,22)20-10-16-17(23-11-19-16)13-5-3-2-4-6-13/h2-9,11,20H,10H2,1H3. The normalized spacial score (nSPS) is 11.6. The van der Waals surface area contributed by atoms with Crippen LogP contribution in [0.3, 0.4) is 0 Å². The number of hydrogen-bond donors (Lipinski definition) is 1. The summed E-state index contributed by atoms with van der Waals surface area (Å²) in [5.74, 6) is 0.0606. The van der Waals surface area contributed by atoms with Gasteiger partial charge in [0.2, 0.25) is 10.0 Å². The van der Waals surface area contributed by atoms with Crippen LogP contribution in [0.1, 0.15) is 11.3 Å². The van der Waals surface area contributed by atoms with Crippen LogP contribution in [-0.4, -0.2) is 13.4 Å². The molecule has 124 valence electrons. The third kappa shape index (κ3) is 3.37. The summed E-state index contributed by atoms with van der Waals surface area (Å²) in [6.45, 7) is 1.49. The first-order valence-electron chi connectivity index (χ1n) is 7.21. The van der Waals surface area contributed by atoms with E-state index in [-0.39, 0.29) is 17.0 Å². The number of nitrogens with one attached hydrogen (secondary N) is 1. The summed E-state index contributed by atoms with van der Waals surface area (Å²) < 4.78 is 45.8. The average Bonchev–Trinajstić information content (AvgIpc) is 3.05. The molecular formula is C17H15FN2O3S. The maximum absolute atomic E-state index is 13.3. The van der Waals surface area contributed by atoms with E-state index < -0.39 is 15.8 Å². The van der Waals surface area contributed by atoms with E-state index in [1.807, 2.05) is 30.3 Å². The summed E-state index contributed by atoms with van der Waals surface area (Å²) >= 11 is 0. The van der Waals surface area contributed by atoms with Crippen molar-refractivity contribution in [1.29, 1.82) is 0 Å². The number of rotatable bonds is 5. The summed E-state index contributed by atoms with van der Waals surface area (Å²) in [7, 11) is -3.77. The van der Waals surface area contributed by atoms with Gasteiger partial charge < -0.3 is 4.42 Å². The van der Waals surface area contributed by atoms with Gasteiger partial charge in [-0.05, 0) is 30.7 Å². The van der Waals surface area contributed by atoms with Gasteiger partial charge in [0, 0.05) is 5.56 Å². The van der Waals surface area contributed by atoms with Crippen LogP contribution in [-0.2, 0) is 16.6 Å². The number of aryl methyl sites for hydroxylation is 1. The monoisotopic (exact) mass is 346 g/mol. The molecule has 3 rings (SSSR count). The summed E-state index contributed by atoms with van der Waals surface area (Å²) in [5, 5.41) is 0. The molecule has 0 saturated carbocycles. The number of nitrogens with zero attached hydrogens (tertiary/aromatic N) is 1. The molecule has 1 N–H and O–H groups in total. The Kier molecular flexibility index (Phi) is 4.46. The van der Waals surface area contributed by atoms with E-state index in [9.17, 15) is 12.8 Å². The molecule has 2 aromatic carbocycles. The van der Waals surface area contributed by atoms with Crippen molar-refractivity contribution in [2.45, 2.75) is 18.4 Å². The van der Waals surface area contributed by atoms with E-state index in [0.717, 1.165) is 11.6 Å². The van der Waals surface area contributed by atoms with Gasteiger partial charge in [-0.25, -0.2) is 22.5 Å². The van der Waals surface area contributed by atoms with Crippen LogP contribution >= 0.6 is 0 Å². The molecule has 1 aromatic heterocycles.